The monoisotopic (exact) mass is 494 g/mol. The Morgan fingerprint density at radius 2 is 1.18 bits per heavy atom. The summed E-state index contributed by atoms with van der Waals surface area (Å²) in [6.07, 6.45) is 12.5. The molecule has 0 radical (unpaired) electrons. The van der Waals surface area contributed by atoms with Crippen LogP contribution in [0.2, 0.25) is 5.02 Å². The average Bonchev–Trinajstić information content (AvgIpc) is 2.82. The van der Waals surface area contributed by atoms with Crippen molar-refractivity contribution in [1.29, 1.82) is 0 Å². The zero-order valence-electron chi connectivity index (χ0n) is 20.0. The molecule has 4 rings (SSSR count). The summed E-state index contributed by atoms with van der Waals surface area (Å²) in [5.74, 6) is -0.146. The minimum Gasteiger partial charge on any atom is -0.207 e. The van der Waals surface area contributed by atoms with Crippen LogP contribution in [-0.2, 0) is 12.8 Å². The first kappa shape index (κ1) is 25.5. The van der Waals surface area contributed by atoms with Gasteiger partial charge in [-0.2, -0.15) is 0 Å². The van der Waals surface area contributed by atoms with E-state index in [2.05, 4.69) is 6.92 Å². The second-order valence-electron chi connectivity index (χ2n) is 10.8. The van der Waals surface area contributed by atoms with E-state index in [1.807, 2.05) is 0 Å². The van der Waals surface area contributed by atoms with Crippen molar-refractivity contribution >= 4 is 11.6 Å². The van der Waals surface area contributed by atoms with Crippen LogP contribution in [0.25, 0.3) is 0 Å². The molecule has 2 aromatic rings. The van der Waals surface area contributed by atoms with Gasteiger partial charge in [0.1, 0.15) is 28.3 Å². The third kappa shape index (κ3) is 6.36. The molecule has 0 amide bonds. The maximum absolute atomic E-state index is 14.8. The molecule has 0 atom stereocenters. The van der Waals surface area contributed by atoms with Gasteiger partial charge in [0, 0.05) is 5.56 Å². The fraction of sp³-hybridized carbons (Fsp3) is 0.586. The van der Waals surface area contributed by atoms with E-state index in [1.54, 1.807) is 0 Å². The predicted molar refractivity (Wildman–Crippen MR) is 130 cm³/mol. The Kier molecular flexibility index (Phi) is 8.61. The number of hydrogen-bond acceptors (Lipinski definition) is 0. The predicted octanol–water partition coefficient (Wildman–Crippen LogP) is 9.56. The summed E-state index contributed by atoms with van der Waals surface area (Å²) in [6.45, 7) is 2.36. The average molecular weight is 495 g/mol. The van der Waals surface area contributed by atoms with Gasteiger partial charge in [-0.25, -0.2) is 17.6 Å². The summed E-state index contributed by atoms with van der Waals surface area (Å²) in [5, 5.41) is -0.566. The van der Waals surface area contributed by atoms with Gasteiger partial charge in [0.15, 0.2) is 0 Å². The Hall–Kier alpha value is -1.55. The molecule has 0 bridgehead atoms. The minimum absolute atomic E-state index is 0.0324. The lowest BCUT2D eigenvalue weighted by molar-refractivity contribution is 0.237. The molecular formula is C29H35ClF4. The van der Waals surface area contributed by atoms with Crippen molar-refractivity contribution < 1.29 is 17.6 Å². The van der Waals surface area contributed by atoms with Crippen molar-refractivity contribution in [2.24, 2.45) is 17.8 Å². The second-order valence-corrected chi connectivity index (χ2v) is 11.1. The fourth-order valence-electron chi connectivity index (χ4n) is 5.99. The summed E-state index contributed by atoms with van der Waals surface area (Å²) in [4.78, 5) is 0. The maximum atomic E-state index is 14.8. The van der Waals surface area contributed by atoms with Gasteiger partial charge in [-0.1, -0.05) is 57.0 Å². The summed E-state index contributed by atoms with van der Waals surface area (Å²) < 4.78 is 56.9. The van der Waals surface area contributed by atoms with Gasteiger partial charge in [-0.3, -0.25) is 0 Å². The molecule has 0 nitrogen and oxygen atoms in total. The van der Waals surface area contributed by atoms with Crippen LogP contribution in [0.1, 0.15) is 93.7 Å². The van der Waals surface area contributed by atoms with Crippen molar-refractivity contribution in [3.05, 3.63) is 69.2 Å². The molecular weight excluding hydrogens is 460 g/mol. The number of halogens is 5. The zero-order valence-corrected chi connectivity index (χ0v) is 20.7. The quantitative estimate of drug-likeness (QED) is 0.265. The van der Waals surface area contributed by atoms with Gasteiger partial charge < -0.3 is 0 Å². The molecule has 0 aliphatic heterocycles. The van der Waals surface area contributed by atoms with Crippen molar-refractivity contribution in [2.75, 3.05) is 0 Å². The van der Waals surface area contributed by atoms with E-state index in [9.17, 15) is 17.6 Å². The number of rotatable bonds is 7. The first-order chi connectivity index (χ1) is 16.3. The molecule has 2 aromatic carbocycles. The molecule has 0 spiro atoms. The summed E-state index contributed by atoms with van der Waals surface area (Å²) in [6, 6.07) is 5.16. The van der Waals surface area contributed by atoms with Crippen molar-refractivity contribution in [1.82, 2.24) is 0 Å². The summed E-state index contributed by atoms with van der Waals surface area (Å²) in [5.41, 5.74) is 1.03. The zero-order chi connectivity index (χ0) is 24.2. The molecule has 34 heavy (non-hydrogen) atoms. The van der Waals surface area contributed by atoms with Crippen LogP contribution in [-0.4, -0.2) is 0 Å². The molecule has 5 heteroatoms. The number of benzene rings is 2. The molecule has 2 fully saturated rings. The van der Waals surface area contributed by atoms with E-state index in [-0.39, 0.29) is 24.3 Å². The van der Waals surface area contributed by atoms with Crippen LogP contribution < -0.4 is 0 Å². The Morgan fingerprint density at radius 1 is 0.676 bits per heavy atom. The highest BCUT2D eigenvalue weighted by Gasteiger charge is 2.26. The van der Waals surface area contributed by atoms with Gasteiger partial charge in [0.05, 0.1) is 0 Å². The highest BCUT2D eigenvalue weighted by molar-refractivity contribution is 6.30. The third-order valence-electron chi connectivity index (χ3n) is 8.31. The van der Waals surface area contributed by atoms with Gasteiger partial charge >= 0.3 is 0 Å². The van der Waals surface area contributed by atoms with Crippen LogP contribution in [0, 0.1) is 41.0 Å². The Balaban J connectivity index is 1.30. The Labute approximate surface area is 206 Å². The summed E-state index contributed by atoms with van der Waals surface area (Å²) >= 11 is 5.51. The molecule has 0 unspecified atom stereocenters. The first-order valence-electron chi connectivity index (χ1n) is 12.9. The summed E-state index contributed by atoms with van der Waals surface area (Å²) in [7, 11) is 0. The first-order valence-corrected chi connectivity index (χ1v) is 13.3. The van der Waals surface area contributed by atoms with Gasteiger partial charge in [-0.15, -0.1) is 0 Å². The van der Waals surface area contributed by atoms with E-state index in [0.29, 0.717) is 5.56 Å². The van der Waals surface area contributed by atoms with Gasteiger partial charge in [0.25, 0.3) is 0 Å². The largest absolute Gasteiger partial charge is 0.207 e. The Morgan fingerprint density at radius 3 is 1.71 bits per heavy atom. The molecule has 0 saturated heterocycles. The van der Waals surface area contributed by atoms with Gasteiger partial charge in [-0.05, 0) is 97.6 Å². The molecule has 0 heterocycles. The maximum Gasteiger partial charge on any atom is 0.145 e. The van der Waals surface area contributed by atoms with Crippen LogP contribution in [0.4, 0.5) is 17.6 Å². The Bertz CT molecular complexity index is 926. The lowest BCUT2D eigenvalue weighted by Gasteiger charge is -2.31. The van der Waals surface area contributed by atoms with Crippen molar-refractivity contribution in [3.8, 4) is 0 Å². The smallest absolute Gasteiger partial charge is 0.145 e. The topological polar surface area (TPSA) is 0 Å². The van der Waals surface area contributed by atoms with E-state index in [4.69, 9.17) is 11.6 Å². The fourth-order valence-corrected chi connectivity index (χ4v) is 6.10. The van der Waals surface area contributed by atoms with Crippen LogP contribution >= 0.6 is 11.6 Å². The third-order valence-corrected chi connectivity index (χ3v) is 8.67. The second kappa shape index (κ2) is 11.5. The number of aryl methyl sites for hydroxylation is 1. The molecule has 186 valence electrons. The van der Waals surface area contributed by atoms with Crippen LogP contribution in [0.15, 0.2) is 24.3 Å². The van der Waals surface area contributed by atoms with Crippen LogP contribution in [0.3, 0.4) is 0 Å². The van der Waals surface area contributed by atoms with Crippen molar-refractivity contribution in [3.63, 3.8) is 0 Å². The van der Waals surface area contributed by atoms with Gasteiger partial charge in [0.2, 0.25) is 0 Å². The molecule has 2 saturated carbocycles. The minimum atomic E-state index is -0.864. The van der Waals surface area contributed by atoms with E-state index in [0.717, 1.165) is 61.1 Å². The molecule has 0 aromatic heterocycles. The van der Waals surface area contributed by atoms with E-state index < -0.39 is 28.3 Å². The van der Waals surface area contributed by atoms with E-state index >= 15 is 0 Å². The van der Waals surface area contributed by atoms with Crippen molar-refractivity contribution in [2.45, 2.75) is 89.9 Å². The molecule has 2 aliphatic rings. The molecule has 2 aliphatic carbocycles. The van der Waals surface area contributed by atoms with Crippen LogP contribution in [0.5, 0.6) is 0 Å². The highest BCUT2D eigenvalue weighted by atomic mass is 35.5. The lowest BCUT2D eigenvalue weighted by Crippen LogP contribution is -2.17. The highest BCUT2D eigenvalue weighted by Crippen LogP contribution is 2.40. The SMILES string of the molecule is CC1CCC(CCC2CCC(c3cc(F)c(CCc4cc(F)c(Cl)c(F)c4)c(F)c3)CC2)CC1. The lowest BCUT2D eigenvalue weighted by atomic mass is 9.74. The number of hydrogen-bond donors (Lipinski definition) is 0. The molecule has 0 N–H and O–H groups in total. The standard InChI is InChI=1S/C29H35ClF4/c1-18-2-4-19(5-3-18)6-7-20-8-11-22(12-9-20)23-16-25(31)24(26(32)17-23)13-10-21-14-27(33)29(30)28(34)15-21/h14-20,22H,2-13H2,1H3. The normalized spacial score (nSPS) is 25.5. The van der Waals surface area contributed by atoms with E-state index in [1.165, 1.54) is 50.7 Å².